The van der Waals surface area contributed by atoms with E-state index < -0.39 is 0 Å². The highest BCUT2D eigenvalue weighted by molar-refractivity contribution is 7.20. The molecule has 0 saturated carbocycles. The van der Waals surface area contributed by atoms with Gasteiger partial charge in [0.2, 0.25) is 10.1 Å². The summed E-state index contributed by atoms with van der Waals surface area (Å²) >= 11 is 1.61. The molecule has 3 heterocycles. The average molecular weight is 313 g/mol. The number of fused-ring (bicyclic) bond motifs is 1. The molecule has 1 saturated heterocycles. The summed E-state index contributed by atoms with van der Waals surface area (Å²) in [6.45, 7) is 3.09. The lowest BCUT2D eigenvalue weighted by Gasteiger charge is -2.25. The van der Waals surface area contributed by atoms with Crippen molar-refractivity contribution >= 4 is 21.4 Å². The number of imidazole rings is 1. The van der Waals surface area contributed by atoms with Crippen LogP contribution in [0, 0.1) is 6.92 Å². The van der Waals surface area contributed by atoms with E-state index in [-0.39, 0.29) is 0 Å². The Morgan fingerprint density at radius 2 is 2.09 bits per heavy atom. The molecule has 1 aliphatic heterocycles. The summed E-state index contributed by atoms with van der Waals surface area (Å²) in [5.41, 5.74) is 2.37. The van der Waals surface area contributed by atoms with Crippen LogP contribution < -0.4 is 5.32 Å². The van der Waals surface area contributed by atoms with Crippen LogP contribution in [0.5, 0.6) is 0 Å². The summed E-state index contributed by atoms with van der Waals surface area (Å²) in [5, 5.41) is 9.16. The first-order chi connectivity index (χ1) is 10.7. The Balaban J connectivity index is 1.59. The molecular weight excluding hydrogens is 294 g/mol. The molecule has 1 aliphatic rings. The normalized spacial score (nSPS) is 22.5. The number of hydrogen-bond acceptors (Lipinski definition) is 5. The van der Waals surface area contributed by atoms with Crippen molar-refractivity contribution in [3.05, 3.63) is 47.8 Å². The van der Waals surface area contributed by atoms with Gasteiger partial charge in [0.1, 0.15) is 0 Å². The van der Waals surface area contributed by atoms with Crippen molar-refractivity contribution in [3.8, 4) is 0 Å². The molecule has 2 aromatic heterocycles. The van der Waals surface area contributed by atoms with Gasteiger partial charge in [-0.15, -0.1) is 5.10 Å². The van der Waals surface area contributed by atoms with Gasteiger partial charge in [0.05, 0.1) is 17.9 Å². The minimum Gasteiger partial charge on any atom is -0.355 e. The zero-order valence-electron chi connectivity index (χ0n) is 12.7. The number of likely N-dealkylation sites (N-methyl/N-ethyl adjacent to an activating group) is 1. The number of aromatic nitrogens is 3. The molecule has 22 heavy (non-hydrogen) atoms. The lowest BCUT2D eigenvalue weighted by atomic mass is 10.0. The van der Waals surface area contributed by atoms with E-state index in [1.807, 2.05) is 17.6 Å². The summed E-state index contributed by atoms with van der Waals surface area (Å²) < 4.78 is 1.86. The van der Waals surface area contributed by atoms with Crippen LogP contribution in [0.2, 0.25) is 0 Å². The molecule has 1 aromatic carbocycles. The molecule has 4 rings (SSSR count). The second kappa shape index (κ2) is 5.37. The van der Waals surface area contributed by atoms with Crippen molar-refractivity contribution < 1.29 is 0 Å². The van der Waals surface area contributed by atoms with Crippen molar-refractivity contribution in [2.75, 3.05) is 18.9 Å². The molecule has 0 spiro atoms. The molecule has 0 bridgehead atoms. The molecule has 3 aromatic rings. The van der Waals surface area contributed by atoms with Crippen molar-refractivity contribution in [2.24, 2.45) is 0 Å². The number of likely N-dealkylation sites (tertiary alicyclic amines) is 1. The minimum absolute atomic E-state index is 0.379. The summed E-state index contributed by atoms with van der Waals surface area (Å²) in [5.74, 6) is 0. The molecule has 0 radical (unpaired) electrons. The van der Waals surface area contributed by atoms with Crippen LogP contribution in [-0.2, 0) is 0 Å². The second-order valence-electron chi connectivity index (χ2n) is 5.89. The average Bonchev–Trinajstić information content (AvgIpc) is 3.13. The van der Waals surface area contributed by atoms with Crippen LogP contribution in [0.4, 0.5) is 5.13 Å². The van der Waals surface area contributed by atoms with Gasteiger partial charge in [-0.3, -0.25) is 4.90 Å². The molecule has 1 fully saturated rings. The fourth-order valence-corrected chi connectivity index (χ4v) is 4.15. The van der Waals surface area contributed by atoms with E-state index in [1.54, 1.807) is 11.3 Å². The number of anilines is 1. The topological polar surface area (TPSA) is 45.5 Å². The third kappa shape index (κ3) is 2.38. The van der Waals surface area contributed by atoms with Crippen LogP contribution in [0.1, 0.15) is 23.7 Å². The summed E-state index contributed by atoms with van der Waals surface area (Å²) in [7, 11) is 2.19. The maximum absolute atomic E-state index is 4.59. The quantitative estimate of drug-likeness (QED) is 0.807. The number of nitrogens with zero attached hydrogens (tertiary/aromatic N) is 4. The van der Waals surface area contributed by atoms with Gasteiger partial charge in [-0.1, -0.05) is 41.7 Å². The Hall–Kier alpha value is -1.92. The highest BCUT2D eigenvalue weighted by Crippen LogP contribution is 2.33. The van der Waals surface area contributed by atoms with Crippen LogP contribution in [0.25, 0.3) is 4.96 Å². The zero-order chi connectivity index (χ0) is 15.1. The number of hydrogen-bond donors (Lipinski definition) is 1. The first-order valence-electron chi connectivity index (χ1n) is 7.55. The van der Waals surface area contributed by atoms with E-state index in [0.29, 0.717) is 12.1 Å². The van der Waals surface area contributed by atoms with Crippen LogP contribution in [0.3, 0.4) is 0 Å². The fourth-order valence-electron chi connectivity index (χ4n) is 3.26. The lowest BCUT2D eigenvalue weighted by molar-refractivity contribution is 0.309. The van der Waals surface area contributed by atoms with Crippen molar-refractivity contribution in [3.63, 3.8) is 0 Å². The Morgan fingerprint density at radius 1 is 1.27 bits per heavy atom. The standard InChI is InChI=1S/C16H19N5S/c1-11-10-21-16(17-11)22-15(19-21)18-13-8-9-20(2)14(13)12-6-4-3-5-7-12/h3-7,10,13-14H,8-9H2,1-2H3,(H,18,19)/t13-,14+/m0/s1. The highest BCUT2D eigenvalue weighted by atomic mass is 32.1. The molecule has 0 aliphatic carbocycles. The fraction of sp³-hybridized carbons (Fsp3) is 0.375. The predicted molar refractivity (Wildman–Crippen MR) is 89.4 cm³/mol. The first-order valence-corrected chi connectivity index (χ1v) is 8.37. The first kappa shape index (κ1) is 13.7. The van der Waals surface area contributed by atoms with Gasteiger partial charge >= 0.3 is 0 Å². The van der Waals surface area contributed by atoms with Crippen LogP contribution in [0.15, 0.2) is 36.5 Å². The van der Waals surface area contributed by atoms with E-state index in [0.717, 1.165) is 28.8 Å². The summed E-state index contributed by atoms with van der Waals surface area (Å²) in [6, 6.07) is 11.5. The lowest BCUT2D eigenvalue weighted by Crippen LogP contribution is -2.29. The molecule has 0 amide bonds. The Bertz CT molecular complexity index is 747. The van der Waals surface area contributed by atoms with Gasteiger partial charge in [0.25, 0.3) is 0 Å². The van der Waals surface area contributed by atoms with E-state index in [1.165, 1.54) is 5.56 Å². The Labute approximate surface area is 133 Å². The zero-order valence-corrected chi connectivity index (χ0v) is 13.5. The van der Waals surface area contributed by atoms with Gasteiger partial charge in [-0.25, -0.2) is 9.50 Å². The molecule has 0 unspecified atom stereocenters. The van der Waals surface area contributed by atoms with E-state index >= 15 is 0 Å². The van der Waals surface area contributed by atoms with Gasteiger partial charge < -0.3 is 5.32 Å². The van der Waals surface area contributed by atoms with Gasteiger partial charge in [0.15, 0.2) is 0 Å². The Kier molecular flexibility index (Phi) is 3.35. The third-order valence-electron chi connectivity index (χ3n) is 4.26. The summed E-state index contributed by atoms with van der Waals surface area (Å²) in [4.78, 5) is 7.83. The van der Waals surface area contributed by atoms with Crippen LogP contribution >= 0.6 is 11.3 Å². The number of aryl methyl sites for hydroxylation is 1. The monoisotopic (exact) mass is 313 g/mol. The van der Waals surface area contributed by atoms with Gasteiger partial charge in [0, 0.05) is 12.6 Å². The van der Waals surface area contributed by atoms with E-state index in [2.05, 4.69) is 57.7 Å². The van der Waals surface area contributed by atoms with Gasteiger partial charge in [-0.2, -0.15) is 0 Å². The number of nitrogens with one attached hydrogen (secondary N) is 1. The number of benzene rings is 1. The molecule has 114 valence electrons. The maximum Gasteiger partial charge on any atom is 0.214 e. The number of rotatable bonds is 3. The molecule has 5 nitrogen and oxygen atoms in total. The Morgan fingerprint density at radius 3 is 2.86 bits per heavy atom. The predicted octanol–water partition coefficient (Wildman–Crippen LogP) is 2.96. The SMILES string of the molecule is Cc1cn2nc(N[C@H]3CCN(C)[C@@H]3c3ccccc3)sc2n1. The van der Waals surface area contributed by atoms with E-state index in [9.17, 15) is 0 Å². The highest BCUT2D eigenvalue weighted by Gasteiger charge is 2.33. The van der Waals surface area contributed by atoms with E-state index in [4.69, 9.17) is 0 Å². The van der Waals surface area contributed by atoms with Crippen LogP contribution in [-0.4, -0.2) is 39.1 Å². The van der Waals surface area contributed by atoms with Crippen molar-refractivity contribution in [1.82, 2.24) is 19.5 Å². The molecular formula is C16H19N5S. The smallest absolute Gasteiger partial charge is 0.214 e. The van der Waals surface area contributed by atoms with Crippen molar-refractivity contribution in [1.29, 1.82) is 0 Å². The molecule has 6 heteroatoms. The van der Waals surface area contributed by atoms with Crippen molar-refractivity contribution in [2.45, 2.75) is 25.4 Å². The van der Waals surface area contributed by atoms with Gasteiger partial charge in [-0.05, 0) is 26.0 Å². The minimum atomic E-state index is 0.379. The maximum atomic E-state index is 4.59. The second-order valence-corrected chi connectivity index (χ2v) is 6.85. The summed E-state index contributed by atoms with van der Waals surface area (Å²) in [6.07, 6.45) is 3.09. The third-order valence-corrected chi connectivity index (χ3v) is 5.12. The largest absolute Gasteiger partial charge is 0.355 e. The molecule has 1 N–H and O–H groups in total. The molecule has 2 atom stereocenters.